The topological polar surface area (TPSA) is 23.6 Å². The lowest BCUT2D eigenvalue weighted by Gasteiger charge is -2.32. The van der Waals surface area contributed by atoms with Crippen LogP contribution in [0.2, 0.25) is 0 Å². The minimum atomic E-state index is -0.243. The number of fused-ring (bicyclic) bond motifs is 1. The highest BCUT2D eigenvalue weighted by Gasteiger charge is 2.22. The van der Waals surface area contributed by atoms with Gasteiger partial charge in [0.1, 0.15) is 5.82 Å². The van der Waals surface area contributed by atoms with Gasteiger partial charge in [0.15, 0.2) is 0 Å². The maximum absolute atomic E-state index is 13.2. The molecule has 0 atom stereocenters. The molecule has 0 spiro atoms. The fraction of sp³-hybridized carbons (Fsp3) is 0.250. The summed E-state index contributed by atoms with van der Waals surface area (Å²) in [6.45, 7) is 3.37. The molecule has 1 saturated heterocycles. The van der Waals surface area contributed by atoms with Gasteiger partial charge in [0.25, 0.3) is 5.91 Å². The van der Waals surface area contributed by atoms with Gasteiger partial charge in [-0.2, -0.15) is 0 Å². The lowest BCUT2D eigenvalue weighted by molar-refractivity contribution is 0.0669. The monoisotopic (exact) mass is 390 g/mol. The average Bonchev–Trinajstić information content (AvgIpc) is 3.07. The Morgan fingerprint density at radius 1 is 1.04 bits per heavy atom. The maximum atomic E-state index is 13.2. The Bertz CT molecular complexity index is 917. The quantitative estimate of drug-likeness (QED) is 0.642. The standard InChI is InChI=1S/C20H19FN2OS.ClH/c1-22-9-11-23(12-10-22)20(24)19-13-17-16(3-2-4-18(17)25-19)14-5-7-15(21)8-6-14;/h2-8,13H,9-12H2,1H3;1H. The van der Waals surface area contributed by atoms with Crippen LogP contribution in [-0.2, 0) is 0 Å². The van der Waals surface area contributed by atoms with Crippen LogP contribution in [-0.4, -0.2) is 48.9 Å². The molecule has 1 fully saturated rings. The molecule has 1 aromatic heterocycles. The molecule has 3 nitrogen and oxygen atoms in total. The Hall–Kier alpha value is -1.95. The zero-order chi connectivity index (χ0) is 17.4. The van der Waals surface area contributed by atoms with E-state index in [0.717, 1.165) is 52.3 Å². The first-order valence-electron chi connectivity index (χ1n) is 8.38. The van der Waals surface area contributed by atoms with Crippen LogP contribution in [0, 0.1) is 5.82 Å². The SMILES string of the molecule is CN1CCN(C(=O)c2cc3c(-c4ccc(F)cc4)cccc3s2)CC1.Cl. The third kappa shape index (κ3) is 3.61. The van der Waals surface area contributed by atoms with Crippen molar-refractivity contribution in [1.29, 1.82) is 0 Å². The number of carbonyl (C=O) groups is 1. The van der Waals surface area contributed by atoms with Crippen molar-refractivity contribution in [3.63, 3.8) is 0 Å². The van der Waals surface area contributed by atoms with Crippen molar-refractivity contribution in [3.05, 3.63) is 59.2 Å². The van der Waals surface area contributed by atoms with Crippen LogP contribution in [0.5, 0.6) is 0 Å². The number of rotatable bonds is 2. The van der Waals surface area contributed by atoms with E-state index < -0.39 is 0 Å². The summed E-state index contributed by atoms with van der Waals surface area (Å²) in [5, 5.41) is 1.05. The number of benzene rings is 2. The van der Waals surface area contributed by atoms with Crippen LogP contribution in [0.25, 0.3) is 21.2 Å². The molecular weight excluding hydrogens is 371 g/mol. The molecule has 0 radical (unpaired) electrons. The molecule has 0 N–H and O–H groups in total. The minimum Gasteiger partial charge on any atom is -0.335 e. The van der Waals surface area contributed by atoms with Crippen molar-refractivity contribution in [3.8, 4) is 11.1 Å². The predicted octanol–water partition coefficient (Wildman–Crippen LogP) is 4.52. The van der Waals surface area contributed by atoms with Crippen molar-refractivity contribution in [2.24, 2.45) is 0 Å². The van der Waals surface area contributed by atoms with Gasteiger partial charge in [0.05, 0.1) is 4.88 Å². The van der Waals surface area contributed by atoms with Gasteiger partial charge in [-0.15, -0.1) is 23.7 Å². The Labute approximate surface area is 162 Å². The number of hydrogen-bond donors (Lipinski definition) is 0. The Morgan fingerprint density at radius 3 is 2.42 bits per heavy atom. The summed E-state index contributed by atoms with van der Waals surface area (Å²) in [4.78, 5) is 17.8. The highest BCUT2D eigenvalue weighted by molar-refractivity contribution is 7.20. The van der Waals surface area contributed by atoms with Crippen molar-refractivity contribution < 1.29 is 9.18 Å². The lowest BCUT2D eigenvalue weighted by Crippen LogP contribution is -2.46. The summed E-state index contributed by atoms with van der Waals surface area (Å²) < 4.78 is 14.3. The Balaban J connectivity index is 0.00000196. The summed E-state index contributed by atoms with van der Waals surface area (Å²) in [5.74, 6) is -0.133. The van der Waals surface area contributed by atoms with Crippen LogP contribution in [0.1, 0.15) is 9.67 Å². The lowest BCUT2D eigenvalue weighted by atomic mass is 10.0. The molecule has 6 heteroatoms. The smallest absolute Gasteiger partial charge is 0.264 e. The molecule has 0 bridgehead atoms. The second-order valence-electron chi connectivity index (χ2n) is 6.43. The van der Waals surface area contributed by atoms with Gasteiger partial charge in [-0.3, -0.25) is 4.79 Å². The first-order chi connectivity index (χ1) is 12.1. The largest absolute Gasteiger partial charge is 0.335 e. The second-order valence-corrected chi connectivity index (χ2v) is 7.51. The fourth-order valence-corrected chi connectivity index (χ4v) is 4.27. The minimum absolute atomic E-state index is 0. The Kier molecular flexibility index (Phi) is 5.61. The first-order valence-corrected chi connectivity index (χ1v) is 9.20. The molecule has 3 aromatic rings. The van der Waals surface area contributed by atoms with E-state index in [1.807, 2.05) is 29.2 Å². The van der Waals surface area contributed by atoms with E-state index in [9.17, 15) is 9.18 Å². The summed E-state index contributed by atoms with van der Waals surface area (Å²) in [6.07, 6.45) is 0. The third-order valence-electron chi connectivity index (χ3n) is 4.72. The van der Waals surface area contributed by atoms with Gasteiger partial charge >= 0.3 is 0 Å². The van der Waals surface area contributed by atoms with Crippen LogP contribution in [0.3, 0.4) is 0 Å². The maximum Gasteiger partial charge on any atom is 0.264 e. The van der Waals surface area contributed by atoms with Crippen molar-refractivity contribution in [2.75, 3.05) is 33.2 Å². The second kappa shape index (κ2) is 7.74. The van der Waals surface area contributed by atoms with E-state index in [-0.39, 0.29) is 24.1 Å². The van der Waals surface area contributed by atoms with E-state index >= 15 is 0 Å². The van der Waals surface area contributed by atoms with Crippen molar-refractivity contribution in [1.82, 2.24) is 9.80 Å². The molecule has 136 valence electrons. The Morgan fingerprint density at radius 2 is 1.73 bits per heavy atom. The van der Waals surface area contributed by atoms with E-state index in [4.69, 9.17) is 0 Å². The van der Waals surface area contributed by atoms with Crippen LogP contribution in [0.15, 0.2) is 48.5 Å². The number of amides is 1. The molecule has 26 heavy (non-hydrogen) atoms. The molecule has 1 aliphatic rings. The number of hydrogen-bond acceptors (Lipinski definition) is 3. The predicted molar refractivity (Wildman–Crippen MR) is 108 cm³/mol. The van der Waals surface area contributed by atoms with Crippen LogP contribution >= 0.6 is 23.7 Å². The number of nitrogens with zero attached hydrogens (tertiary/aromatic N) is 2. The molecule has 2 aromatic carbocycles. The van der Waals surface area contributed by atoms with Gasteiger partial charge in [-0.05, 0) is 42.4 Å². The molecule has 1 amide bonds. The summed E-state index contributed by atoms with van der Waals surface area (Å²) in [5.41, 5.74) is 1.99. The van der Waals surface area contributed by atoms with Crippen molar-refractivity contribution in [2.45, 2.75) is 0 Å². The molecular formula is C20H20ClFN2OS. The molecule has 1 aliphatic heterocycles. The van der Waals surface area contributed by atoms with E-state index in [2.05, 4.69) is 11.9 Å². The number of likely N-dealkylation sites (N-methyl/N-ethyl adjacent to an activating group) is 1. The summed E-state index contributed by atoms with van der Waals surface area (Å²) >= 11 is 1.53. The van der Waals surface area contributed by atoms with Gasteiger partial charge in [0, 0.05) is 36.3 Å². The van der Waals surface area contributed by atoms with Gasteiger partial charge in [-0.1, -0.05) is 24.3 Å². The molecule has 0 saturated carbocycles. The third-order valence-corrected chi connectivity index (χ3v) is 5.81. The fourth-order valence-electron chi connectivity index (χ4n) is 3.21. The van der Waals surface area contributed by atoms with Crippen molar-refractivity contribution >= 4 is 39.7 Å². The van der Waals surface area contributed by atoms with E-state index in [0.29, 0.717) is 0 Å². The molecule has 0 unspecified atom stereocenters. The van der Waals surface area contributed by atoms with Crippen LogP contribution in [0.4, 0.5) is 4.39 Å². The normalized spacial score (nSPS) is 15.1. The van der Waals surface area contributed by atoms with Gasteiger partial charge in [0.2, 0.25) is 0 Å². The summed E-state index contributed by atoms with van der Waals surface area (Å²) in [7, 11) is 2.08. The van der Waals surface area contributed by atoms with Gasteiger partial charge in [-0.25, -0.2) is 4.39 Å². The molecule has 2 heterocycles. The molecule has 0 aliphatic carbocycles. The molecule has 4 rings (SSSR count). The number of halogens is 2. The first kappa shape index (κ1) is 18.8. The highest BCUT2D eigenvalue weighted by Crippen LogP contribution is 2.34. The van der Waals surface area contributed by atoms with E-state index in [1.165, 1.54) is 23.5 Å². The zero-order valence-electron chi connectivity index (χ0n) is 14.4. The van der Waals surface area contributed by atoms with Gasteiger partial charge < -0.3 is 9.80 Å². The van der Waals surface area contributed by atoms with Crippen LogP contribution < -0.4 is 0 Å². The number of thiophene rings is 1. The average molecular weight is 391 g/mol. The number of piperazine rings is 1. The zero-order valence-corrected chi connectivity index (χ0v) is 16.1. The summed E-state index contributed by atoms with van der Waals surface area (Å²) in [6, 6.07) is 14.5. The number of carbonyl (C=O) groups excluding carboxylic acids is 1. The highest BCUT2D eigenvalue weighted by atomic mass is 35.5. The van der Waals surface area contributed by atoms with E-state index in [1.54, 1.807) is 12.1 Å².